The van der Waals surface area contributed by atoms with E-state index in [2.05, 4.69) is 51.2 Å². The number of ether oxygens (including phenoxy) is 1. The van der Waals surface area contributed by atoms with Gasteiger partial charge in [0.1, 0.15) is 18.1 Å². The molecule has 0 spiro atoms. The van der Waals surface area contributed by atoms with Gasteiger partial charge in [0.25, 0.3) is 0 Å². The molecule has 0 saturated carbocycles. The van der Waals surface area contributed by atoms with Gasteiger partial charge >= 0.3 is 0 Å². The van der Waals surface area contributed by atoms with Gasteiger partial charge in [-0.25, -0.2) is 0 Å². The van der Waals surface area contributed by atoms with E-state index in [1.54, 1.807) is 0 Å². The molecule has 3 aliphatic rings. The maximum absolute atomic E-state index is 10.1. The van der Waals surface area contributed by atoms with E-state index in [1.165, 1.54) is 5.57 Å². The van der Waals surface area contributed by atoms with Crippen LogP contribution in [0.2, 0.25) is 0 Å². The van der Waals surface area contributed by atoms with Crippen molar-refractivity contribution in [2.45, 2.75) is 65.7 Å². The summed E-state index contributed by atoms with van der Waals surface area (Å²) in [5, 5.41) is 20.2. The van der Waals surface area contributed by atoms with Crippen molar-refractivity contribution in [3.63, 3.8) is 0 Å². The number of allylic oxidation sites excluding steroid dienone is 9. The average molecular weight is 383 g/mol. The molecular formula is C25H34O3. The van der Waals surface area contributed by atoms with Crippen molar-refractivity contribution in [2.75, 3.05) is 6.61 Å². The van der Waals surface area contributed by atoms with Crippen molar-refractivity contribution in [1.82, 2.24) is 0 Å². The van der Waals surface area contributed by atoms with Crippen LogP contribution in [-0.2, 0) is 4.74 Å². The minimum atomic E-state index is 0.0966. The molecule has 0 amide bonds. The molecule has 3 rings (SSSR count). The minimum Gasteiger partial charge on any atom is -0.512 e. The zero-order chi connectivity index (χ0) is 20.1. The van der Waals surface area contributed by atoms with Crippen LogP contribution in [0.4, 0.5) is 0 Å². The summed E-state index contributed by atoms with van der Waals surface area (Å²) in [6.45, 7) is 7.14. The number of hydrogen-bond donors (Lipinski definition) is 2. The van der Waals surface area contributed by atoms with Gasteiger partial charge in [-0.15, -0.1) is 0 Å². The predicted octanol–water partition coefficient (Wildman–Crippen LogP) is 6.98. The fourth-order valence-corrected chi connectivity index (χ4v) is 3.93. The minimum absolute atomic E-state index is 0.0966. The normalized spacial score (nSPS) is 23.0. The molecule has 3 nitrogen and oxygen atoms in total. The van der Waals surface area contributed by atoms with Gasteiger partial charge in [-0.1, -0.05) is 44.6 Å². The summed E-state index contributed by atoms with van der Waals surface area (Å²) in [5.74, 6) is 2.20. The second-order valence-corrected chi connectivity index (χ2v) is 9.09. The van der Waals surface area contributed by atoms with Gasteiger partial charge < -0.3 is 14.9 Å². The number of hydrogen-bond acceptors (Lipinski definition) is 3. The Morgan fingerprint density at radius 2 is 1.89 bits per heavy atom. The van der Waals surface area contributed by atoms with Crippen molar-refractivity contribution in [3.05, 3.63) is 70.5 Å². The summed E-state index contributed by atoms with van der Waals surface area (Å²) in [6, 6.07) is 0. The predicted molar refractivity (Wildman–Crippen MR) is 115 cm³/mol. The van der Waals surface area contributed by atoms with E-state index < -0.39 is 0 Å². The lowest BCUT2D eigenvalue weighted by molar-refractivity contribution is 0.236. The van der Waals surface area contributed by atoms with Crippen LogP contribution >= 0.6 is 0 Å². The fraction of sp³-hybridized carbons (Fsp3) is 0.520. The molecule has 1 unspecified atom stereocenters. The maximum atomic E-state index is 10.1. The molecule has 3 aliphatic carbocycles. The molecule has 3 heteroatoms. The van der Waals surface area contributed by atoms with Gasteiger partial charge in [-0.3, -0.25) is 0 Å². The highest BCUT2D eigenvalue weighted by molar-refractivity contribution is 5.32. The quantitative estimate of drug-likeness (QED) is 0.521. The van der Waals surface area contributed by atoms with Crippen LogP contribution in [0.1, 0.15) is 65.7 Å². The SMILES string of the molecule is CC(C)(C)C1=CC(OCC2=CCCC=C2O)=CC(CCC2=C(O)CCC=C2)C1. The highest BCUT2D eigenvalue weighted by Gasteiger charge is 2.25. The highest BCUT2D eigenvalue weighted by Crippen LogP contribution is 2.38. The highest BCUT2D eigenvalue weighted by atomic mass is 16.5. The van der Waals surface area contributed by atoms with E-state index in [0.29, 0.717) is 24.0 Å². The third kappa shape index (κ3) is 5.43. The summed E-state index contributed by atoms with van der Waals surface area (Å²) >= 11 is 0. The fourth-order valence-electron chi connectivity index (χ4n) is 3.93. The first-order valence-electron chi connectivity index (χ1n) is 10.5. The van der Waals surface area contributed by atoms with E-state index in [4.69, 9.17) is 4.74 Å². The molecule has 0 heterocycles. The Kier molecular flexibility index (Phi) is 6.53. The van der Waals surface area contributed by atoms with Crippen LogP contribution in [0.25, 0.3) is 0 Å². The Morgan fingerprint density at radius 3 is 2.61 bits per heavy atom. The molecule has 152 valence electrons. The van der Waals surface area contributed by atoms with Gasteiger partial charge in [-0.2, -0.15) is 0 Å². The van der Waals surface area contributed by atoms with E-state index in [0.717, 1.165) is 61.9 Å². The van der Waals surface area contributed by atoms with Crippen LogP contribution in [0.5, 0.6) is 0 Å². The average Bonchev–Trinajstić information content (AvgIpc) is 2.66. The smallest absolute Gasteiger partial charge is 0.117 e. The molecule has 0 aromatic rings. The molecule has 1 atom stereocenters. The summed E-state index contributed by atoms with van der Waals surface area (Å²) in [4.78, 5) is 0. The lowest BCUT2D eigenvalue weighted by Gasteiger charge is -2.30. The van der Waals surface area contributed by atoms with Crippen LogP contribution in [-0.4, -0.2) is 16.8 Å². The Labute approximate surface area is 169 Å². The first-order chi connectivity index (χ1) is 13.3. The third-order valence-electron chi connectivity index (χ3n) is 5.80. The molecule has 0 aromatic heterocycles. The monoisotopic (exact) mass is 382 g/mol. The second-order valence-electron chi connectivity index (χ2n) is 9.09. The van der Waals surface area contributed by atoms with Crippen molar-refractivity contribution < 1.29 is 14.9 Å². The zero-order valence-corrected chi connectivity index (χ0v) is 17.5. The first-order valence-corrected chi connectivity index (χ1v) is 10.5. The van der Waals surface area contributed by atoms with E-state index in [9.17, 15) is 10.2 Å². The summed E-state index contributed by atoms with van der Waals surface area (Å²) in [5.41, 5.74) is 3.45. The van der Waals surface area contributed by atoms with Crippen LogP contribution in [0, 0.1) is 11.3 Å². The number of aliphatic hydroxyl groups excluding tert-OH is 2. The second kappa shape index (κ2) is 8.89. The maximum Gasteiger partial charge on any atom is 0.117 e. The van der Waals surface area contributed by atoms with Crippen LogP contribution in [0.15, 0.2) is 70.5 Å². The van der Waals surface area contributed by atoms with Gasteiger partial charge in [-0.05, 0) is 73.7 Å². The molecular weight excluding hydrogens is 348 g/mol. The Hall–Kier alpha value is -2.16. The lowest BCUT2D eigenvalue weighted by Crippen LogP contribution is -2.17. The Morgan fingerprint density at radius 1 is 1.11 bits per heavy atom. The van der Waals surface area contributed by atoms with E-state index >= 15 is 0 Å². The lowest BCUT2D eigenvalue weighted by atomic mass is 9.77. The van der Waals surface area contributed by atoms with Crippen molar-refractivity contribution in [2.24, 2.45) is 11.3 Å². The van der Waals surface area contributed by atoms with Crippen molar-refractivity contribution in [1.29, 1.82) is 0 Å². The Bertz CT molecular complexity index is 766. The third-order valence-corrected chi connectivity index (χ3v) is 5.80. The van der Waals surface area contributed by atoms with Crippen molar-refractivity contribution >= 4 is 0 Å². The molecule has 0 aliphatic heterocycles. The molecule has 0 bridgehead atoms. The number of aliphatic hydroxyl groups is 2. The van der Waals surface area contributed by atoms with Crippen molar-refractivity contribution in [3.8, 4) is 0 Å². The standard InChI is InChI=1S/C25H34O3/c1-25(2,3)21-14-18(12-13-19-8-4-6-10-23(19)26)15-22(16-21)28-17-20-9-5-7-11-24(20)27/h4,8-9,11,15-16,18,26-27H,5-7,10,12-14,17H2,1-3H3. The number of rotatable bonds is 6. The Balaban J connectivity index is 1.68. The summed E-state index contributed by atoms with van der Waals surface area (Å²) in [6.07, 6.45) is 19.0. The molecule has 2 N–H and O–H groups in total. The summed E-state index contributed by atoms with van der Waals surface area (Å²) < 4.78 is 6.10. The largest absolute Gasteiger partial charge is 0.512 e. The van der Waals surface area contributed by atoms with Crippen LogP contribution in [0.3, 0.4) is 0 Å². The van der Waals surface area contributed by atoms with Gasteiger partial charge in [0.05, 0.1) is 5.76 Å². The van der Waals surface area contributed by atoms with Gasteiger partial charge in [0, 0.05) is 12.0 Å². The molecule has 0 aromatic carbocycles. The molecule has 0 saturated heterocycles. The topological polar surface area (TPSA) is 49.7 Å². The summed E-state index contributed by atoms with van der Waals surface area (Å²) in [7, 11) is 0. The van der Waals surface area contributed by atoms with Crippen LogP contribution < -0.4 is 0 Å². The molecule has 0 radical (unpaired) electrons. The molecule has 28 heavy (non-hydrogen) atoms. The van der Waals surface area contributed by atoms with Gasteiger partial charge in [0.2, 0.25) is 0 Å². The van der Waals surface area contributed by atoms with E-state index in [1.807, 2.05) is 6.08 Å². The zero-order valence-electron chi connectivity index (χ0n) is 17.5. The molecule has 0 fully saturated rings. The van der Waals surface area contributed by atoms with E-state index in [-0.39, 0.29) is 5.41 Å². The first kappa shape index (κ1) is 20.6. The van der Waals surface area contributed by atoms with Gasteiger partial charge in [0.15, 0.2) is 0 Å².